The van der Waals surface area contributed by atoms with Gasteiger partial charge in [0.15, 0.2) is 5.65 Å². The second kappa shape index (κ2) is 5.14. The van der Waals surface area contributed by atoms with Crippen LogP contribution < -0.4 is 10.1 Å². The summed E-state index contributed by atoms with van der Waals surface area (Å²) in [6.07, 6.45) is 3.15. The van der Waals surface area contributed by atoms with E-state index in [2.05, 4.69) is 20.5 Å². The molecule has 0 unspecified atom stereocenters. The van der Waals surface area contributed by atoms with Crippen molar-refractivity contribution < 1.29 is 9.53 Å². The van der Waals surface area contributed by atoms with Gasteiger partial charge < -0.3 is 10.1 Å². The SMILES string of the molecule is O=CNc1ccc2c(-c3ccccc3OC3CC3)[nH]nc2n1. The van der Waals surface area contributed by atoms with E-state index in [9.17, 15) is 4.79 Å². The number of anilines is 1. The molecule has 1 aliphatic rings. The molecule has 1 aliphatic carbocycles. The Morgan fingerprint density at radius 2 is 2.09 bits per heavy atom. The van der Waals surface area contributed by atoms with Crippen molar-refractivity contribution in [2.75, 3.05) is 5.32 Å². The zero-order chi connectivity index (χ0) is 14.9. The third kappa shape index (κ3) is 2.28. The molecule has 6 heteroatoms. The molecule has 6 nitrogen and oxygen atoms in total. The van der Waals surface area contributed by atoms with Crippen molar-refractivity contribution in [2.24, 2.45) is 0 Å². The zero-order valence-corrected chi connectivity index (χ0v) is 11.7. The van der Waals surface area contributed by atoms with Crippen LogP contribution >= 0.6 is 0 Å². The van der Waals surface area contributed by atoms with Crippen LogP contribution in [0.1, 0.15) is 12.8 Å². The number of hydrogen-bond acceptors (Lipinski definition) is 4. The van der Waals surface area contributed by atoms with Gasteiger partial charge in [-0.25, -0.2) is 4.98 Å². The van der Waals surface area contributed by atoms with Crippen LogP contribution in [0.15, 0.2) is 36.4 Å². The lowest BCUT2D eigenvalue weighted by Gasteiger charge is -2.09. The van der Waals surface area contributed by atoms with Crippen LogP contribution in [0, 0.1) is 0 Å². The van der Waals surface area contributed by atoms with E-state index in [1.165, 1.54) is 0 Å². The Hall–Kier alpha value is -2.89. The molecule has 0 saturated heterocycles. The van der Waals surface area contributed by atoms with Crippen LogP contribution in [-0.2, 0) is 4.79 Å². The summed E-state index contributed by atoms with van der Waals surface area (Å²) in [4.78, 5) is 14.8. The molecule has 1 aromatic carbocycles. The largest absolute Gasteiger partial charge is 0.490 e. The summed E-state index contributed by atoms with van der Waals surface area (Å²) in [5.41, 5.74) is 2.40. The zero-order valence-electron chi connectivity index (χ0n) is 11.7. The number of nitrogens with one attached hydrogen (secondary N) is 2. The lowest BCUT2D eigenvalue weighted by Crippen LogP contribution is -1.98. The molecular formula is C16H14N4O2. The van der Waals surface area contributed by atoms with E-state index in [-0.39, 0.29) is 0 Å². The number of hydrogen-bond donors (Lipinski definition) is 2. The van der Waals surface area contributed by atoms with Crippen LogP contribution in [0.25, 0.3) is 22.3 Å². The molecule has 22 heavy (non-hydrogen) atoms. The summed E-state index contributed by atoms with van der Waals surface area (Å²) >= 11 is 0. The Bertz CT molecular complexity index is 839. The average Bonchev–Trinajstić information content (AvgIpc) is 3.25. The highest BCUT2D eigenvalue weighted by atomic mass is 16.5. The molecule has 1 saturated carbocycles. The van der Waals surface area contributed by atoms with Gasteiger partial charge in [0.25, 0.3) is 0 Å². The van der Waals surface area contributed by atoms with Gasteiger partial charge >= 0.3 is 0 Å². The van der Waals surface area contributed by atoms with Crippen molar-refractivity contribution >= 4 is 23.3 Å². The van der Waals surface area contributed by atoms with Gasteiger partial charge in [-0.05, 0) is 37.1 Å². The molecule has 0 aliphatic heterocycles. The summed E-state index contributed by atoms with van der Waals surface area (Å²) in [5, 5.41) is 10.7. The van der Waals surface area contributed by atoms with Gasteiger partial charge in [0, 0.05) is 10.9 Å². The van der Waals surface area contributed by atoms with Crippen molar-refractivity contribution in [3.05, 3.63) is 36.4 Å². The molecule has 2 aromatic heterocycles. The maximum Gasteiger partial charge on any atom is 0.212 e. The monoisotopic (exact) mass is 294 g/mol. The third-order valence-corrected chi connectivity index (χ3v) is 3.60. The van der Waals surface area contributed by atoms with Gasteiger partial charge in [0.05, 0.1) is 11.8 Å². The number of nitrogens with zero attached hydrogens (tertiary/aromatic N) is 2. The van der Waals surface area contributed by atoms with Crippen LogP contribution in [0.4, 0.5) is 5.82 Å². The van der Waals surface area contributed by atoms with E-state index in [1.807, 2.05) is 30.3 Å². The highest BCUT2D eigenvalue weighted by molar-refractivity contribution is 5.93. The number of fused-ring (bicyclic) bond motifs is 1. The molecule has 0 bridgehead atoms. The predicted molar refractivity (Wildman–Crippen MR) is 82.7 cm³/mol. The minimum absolute atomic E-state index is 0.330. The summed E-state index contributed by atoms with van der Waals surface area (Å²) in [7, 11) is 0. The van der Waals surface area contributed by atoms with Gasteiger partial charge in [0.2, 0.25) is 6.41 Å². The number of carbonyl (C=O) groups is 1. The first-order chi connectivity index (χ1) is 10.8. The lowest BCUT2D eigenvalue weighted by atomic mass is 10.1. The van der Waals surface area contributed by atoms with E-state index in [0.717, 1.165) is 35.2 Å². The summed E-state index contributed by atoms with van der Waals surface area (Å²) in [6.45, 7) is 0. The second-order valence-corrected chi connectivity index (χ2v) is 5.24. The number of para-hydroxylation sites is 1. The van der Waals surface area contributed by atoms with Crippen LogP contribution in [0.5, 0.6) is 5.75 Å². The van der Waals surface area contributed by atoms with Gasteiger partial charge in [-0.2, -0.15) is 5.10 Å². The third-order valence-electron chi connectivity index (χ3n) is 3.60. The first kappa shape index (κ1) is 12.8. The molecule has 2 heterocycles. The number of rotatable bonds is 5. The first-order valence-electron chi connectivity index (χ1n) is 7.16. The van der Waals surface area contributed by atoms with Crippen LogP contribution in [-0.4, -0.2) is 27.7 Å². The van der Waals surface area contributed by atoms with Crippen molar-refractivity contribution in [1.82, 2.24) is 15.2 Å². The van der Waals surface area contributed by atoms with Crippen LogP contribution in [0.3, 0.4) is 0 Å². The molecule has 4 rings (SSSR count). The highest BCUT2D eigenvalue weighted by Gasteiger charge is 2.25. The standard InChI is InChI=1S/C16H14N4O2/c21-9-17-14-8-7-12-15(19-20-16(12)18-14)11-3-1-2-4-13(11)22-10-5-6-10/h1-4,7-10H,5-6H2,(H2,17,18,19,20,21). The Morgan fingerprint density at radius 1 is 1.23 bits per heavy atom. The predicted octanol–water partition coefficient (Wildman–Crippen LogP) is 2.73. The van der Waals surface area contributed by atoms with E-state index in [1.54, 1.807) is 6.07 Å². The van der Waals surface area contributed by atoms with Gasteiger partial charge in [-0.3, -0.25) is 9.89 Å². The summed E-state index contributed by atoms with van der Waals surface area (Å²) in [6, 6.07) is 11.5. The Balaban J connectivity index is 1.79. The molecule has 1 fully saturated rings. The van der Waals surface area contributed by atoms with E-state index >= 15 is 0 Å². The van der Waals surface area contributed by atoms with E-state index < -0.39 is 0 Å². The van der Waals surface area contributed by atoms with E-state index in [4.69, 9.17) is 4.74 Å². The highest BCUT2D eigenvalue weighted by Crippen LogP contribution is 2.36. The molecule has 0 radical (unpaired) electrons. The fraction of sp³-hybridized carbons (Fsp3) is 0.188. The number of aromatic nitrogens is 3. The maximum absolute atomic E-state index is 10.5. The first-order valence-corrected chi connectivity index (χ1v) is 7.16. The van der Waals surface area contributed by atoms with Crippen molar-refractivity contribution in [1.29, 1.82) is 0 Å². The number of H-pyrrole nitrogens is 1. The molecule has 1 amide bonds. The van der Waals surface area contributed by atoms with E-state index in [0.29, 0.717) is 24.0 Å². The average molecular weight is 294 g/mol. The smallest absolute Gasteiger partial charge is 0.212 e. The molecular weight excluding hydrogens is 280 g/mol. The fourth-order valence-corrected chi connectivity index (χ4v) is 2.39. The minimum Gasteiger partial charge on any atom is -0.490 e. The summed E-state index contributed by atoms with van der Waals surface area (Å²) in [5.74, 6) is 1.33. The number of pyridine rings is 1. The summed E-state index contributed by atoms with van der Waals surface area (Å²) < 4.78 is 5.96. The number of aromatic amines is 1. The number of carbonyl (C=O) groups excluding carboxylic acids is 1. The molecule has 110 valence electrons. The Labute approximate surface area is 126 Å². The second-order valence-electron chi connectivity index (χ2n) is 5.24. The Kier molecular flexibility index (Phi) is 3.00. The maximum atomic E-state index is 10.5. The topological polar surface area (TPSA) is 79.9 Å². The van der Waals surface area contributed by atoms with Crippen molar-refractivity contribution in [3.63, 3.8) is 0 Å². The number of benzene rings is 1. The Morgan fingerprint density at radius 3 is 2.91 bits per heavy atom. The van der Waals surface area contributed by atoms with Crippen LogP contribution in [0.2, 0.25) is 0 Å². The lowest BCUT2D eigenvalue weighted by molar-refractivity contribution is -0.105. The van der Waals surface area contributed by atoms with Gasteiger partial charge in [-0.15, -0.1) is 0 Å². The van der Waals surface area contributed by atoms with Gasteiger partial charge in [-0.1, -0.05) is 12.1 Å². The van der Waals surface area contributed by atoms with Crippen molar-refractivity contribution in [2.45, 2.75) is 18.9 Å². The molecule has 3 aromatic rings. The number of amides is 1. The van der Waals surface area contributed by atoms with Crippen molar-refractivity contribution in [3.8, 4) is 17.0 Å². The van der Waals surface area contributed by atoms with Gasteiger partial charge in [0.1, 0.15) is 11.6 Å². The normalized spacial score (nSPS) is 14.0. The minimum atomic E-state index is 0.330. The molecule has 0 atom stereocenters. The molecule has 0 spiro atoms. The quantitative estimate of drug-likeness (QED) is 0.709. The number of ether oxygens (including phenoxy) is 1. The molecule has 2 N–H and O–H groups in total. The fourth-order valence-electron chi connectivity index (χ4n) is 2.39.